The van der Waals surface area contributed by atoms with E-state index in [1.165, 1.54) is 22.2 Å². The number of ether oxygens (including phenoxy) is 1. The van der Waals surface area contributed by atoms with Gasteiger partial charge < -0.3 is 4.74 Å². The molecule has 1 unspecified atom stereocenters. The molecule has 0 spiro atoms. The van der Waals surface area contributed by atoms with Crippen molar-refractivity contribution in [2.75, 3.05) is 11.7 Å². The highest BCUT2D eigenvalue weighted by atomic mass is 32.2. The van der Waals surface area contributed by atoms with Crippen molar-refractivity contribution in [1.82, 2.24) is 15.4 Å². The van der Waals surface area contributed by atoms with Gasteiger partial charge in [-0.15, -0.1) is 11.3 Å². The van der Waals surface area contributed by atoms with E-state index in [1.807, 2.05) is 24.5 Å². The van der Waals surface area contributed by atoms with Crippen LogP contribution in [0, 0.1) is 0 Å². The van der Waals surface area contributed by atoms with Gasteiger partial charge in [0.25, 0.3) is 5.91 Å². The number of fused-ring (bicyclic) bond motifs is 3. The molecule has 0 saturated carbocycles. The third-order valence-corrected chi connectivity index (χ3v) is 6.72. The minimum Gasteiger partial charge on any atom is -0.369 e. The molecule has 1 amide bonds. The second-order valence-corrected chi connectivity index (χ2v) is 8.81. The number of hydrogen-bond acceptors (Lipinski definition) is 7. The Labute approximate surface area is 172 Å². The Bertz CT molecular complexity index is 1020. The lowest BCUT2D eigenvalue weighted by Gasteiger charge is -2.33. The minimum absolute atomic E-state index is 0.191. The number of carbonyl (C=O) groups excluding carboxylic acids is 1. The molecule has 8 heteroatoms. The van der Waals surface area contributed by atoms with Gasteiger partial charge in [-0.05, 0) is 37.3 Å². The first kappa shape index (κ1) is 19.2. The number of carbonyl (C=O) groups is 1. The summed E-state index contributed by atoms with van der Waals surface area (Å²) in [5, 5.41) is 1.65. The maximum atomic E-state index is 12.4. The summed E-state index contributed by atoms with van der Waals surface area (Å²) >= 11 is 3.12. The molecule has 0 aliphatic carbocycles. The van der Waals surface area contributed by atoms with Gasteiger partial charge in [0.15, 0.2) is 11.0 Å². The van der Waals surface area contributed by atoms with Crippen LogP contribution in [0.25, 0.3) is 10.2 Å². The number of amides is 1. The molecule has 2 N–H and O–H groups in total. The van der Waals surface area contributed by atoms with E-state index in [1.54, 1.807) is 23.5 Å². The third kappa shape index (κ3) is 3.59. The highest BCUT2D eigenvalue weighted by molar-refractivity contribution is 7.98. The molecular weight excluding hydrogens is 392 g/mol. The number of thioether (sulfide) groups is 1. The molecule has 1 atom stereocenters. The van der Waals surface area contributed by atoms with Crippen molar-refractivity contribution in [3.05, 3.63) is 46.3 Å². The van der Waals surface area contributed by atoms with Crippen LogP contribution in [0.2, 0.25) is 0 Å². The normalized spacial score (nSPS) is 18.7. The van der Waals surface area contributed by atoms with E-state index in [0.29, 0.717) is 23.1 Å². The summed E-state index contributed by atoms with van der Waals surface area (Å²) in [6.07, 6.45) is 3.68. The van der Waals surface area contributed by atoms with Crippen molar-refractivity contribution in [2.45, 2.75) is 44.1 Å². The molecule has 28 heavy (non-hydrogen) atoms. The average Bonchev–Trinajstić information content (AvgIpc) is 3.09. The van der Waals surface area contributed by atoms with Crippen molar-refractivity contribution in [1.29, 1.82) is 0 Å². The SMILES string of the molecule is CCC1(C)Cc2c(sc3nc(SC)nc(NNC(=O)c4ccccc4)c23)CO1. The molecule has 3 aromatic rings. The molecule has 4 rings (SSSR count). The Balaban J connectivity index is 1.70. The predicted molar refractivity (Wildman–Crippen MR) is 114 cm³/mol. The topological polar surface area (TPSA) is 76.1 Å². The molecule has 0 radical (unpaired) electrons. The van der Waals surface area contributed by atoms with Gasteiger partial charge in [0, 0.05) is 16.9 Å². The monoisotopic (exact) mass is 414 g/mol. The van der Waals surface area contributed by atoms with E-state index < -0.39 is 0 Å². The summed E-state index contributed by atoms with van der Waals surface area (Å²) in [6.45, 7) is 4.87. The van der Waals surface area contributed by atoms with Crippen LogP contribution >= 0.6 is 23.1 Å². The quantitative estimate of drug-likeness (QED) is 0.366. The van der Waals surface area contributed by atoms with E-state index >= 15 is 0 Å². The van der Waals surface area contributed by atoms with Gasteiger partial charge in [-0.25, -0.2) is 9.97 Å². The molecule has 2 aromatic heterocycles. The zero-order valence-electron chi connectivity index (χ0n) is 16.0. The summed E-state index contributed by atoms with van der Waals surface area (Å²) in [7, 11) is 0. The molecule has 3 heterocycles. The molecule has 0 fully saturated rings. The van der Waals surface area contributed by atoms with Crippen LogP contribution in [0.15, 0.2) is 35.5 Å². The van der Waals surface area contributed by atoms with E-state index in [2.05, 4.69) is 34.7 Å². The van der Waals surface area contributed by atoms with Crippen molar-refractivity contribution in [3.63, 3.8) is 0 Å². The first-order chi connectivity index (χ1) is 13.5. The summed E-state index contributed by atoms with van der Waals surface area (Å²) in [6, 6.07) is 9.11. The Morgan fingerprint density at radius 3 is 2.82 bits per heavy atom. The van der Waals surface area contributed by atoms with E-state index in [4.69, 9.17) is 4.74 Å². The number of benzene rings is 1. The highest BCUT2D eigenvalue weighted by Crippen LogP contribution is 2.42. The zero-order valence-corrected chi connectivity index (χ0v) is 17.7. The van der Waals surface area contributed by atoms with Gasteiger partial charge in [-0.2, -0.15) is 0 Å². The van der Waals surface area contributed by atoms with Gasteiger partial charge in [-0.3, -0.25) is 15.6 Å². The Morgan fingerprint density at radius 2 is 2.11 bits per heavy atom. The Kier molecular flexibility index (Phi) is 5.27. The number of aromatic nitrogens is 2. The lowest BCUT2D eigenvalue weighted by molar-refractivity contribution is -0.0543. The van der Waals surface area contributed by atoms with Crippen molar-refractivity contribution in [3.8, 4) is 0 Å². The Morgan fingerprint density at radius 1 is 1.32 bits per heavy atom. The van der Waals surface area contributed by atoms with Crippen LogP contribution < -0.4 is 10.9 Å². The Hall–Kier alpha value is -2.16. The smallest absolute Gasteiger partial charge is 0.269 e. The molecule has 146 valence electrons. The number of hydrazine groups is 1. The summed E-state index contributed by atoms with van der Waals surface area (Å²) < 4.78 is 6.09. The largest absolute Gasteiger partial charge is 0.369 e. The zero-order chi connectivity index (χ0) is 19.7. The van der Waals surface area contributed by atoms with E-state index in [9.17, 15) is 4.79 Å². The lowest BCUT2D eigenvalue weighted by atomic mass is 9.90. The van der Waals surface area contributed by atoms with Crippen molar-refractivity contribution in [2.24, 2.45) is 0 Å². The fourth-order valence-electron chi connectivity index (χ4n) is 3.24. The highest BCUT2D eigenvalue weighted by Gasteiger charge is 2.33. The van der Waals surface area contributed by atoms with Crippen LogP contribution in [0.4, 0.5) is 5.82 Å². The number of anilines is 1. The van der Waals surface area contributed by atoms with Gasteiger partial charge in [0.1, 0.15) is 4.83 Å². The maximum Gasteiger partial charge on any atom is 0.269 e. The van der Waals surface area contributed by atoms with Gasteiger partial charge >= 0.3 is 0 Å². The maximum absolute atomic E-state index is 12.4. The number of nitrogens with zero attached hydrogens (tertiary/aromatic N) is 2. The van der Waals surface area contributed by atoms with Crippen LogP contribution in [0.3, 0.4) is 0 Å². The lowest BCUT2D eigenvalue weighted by Crippen LogP contribution is -2.34. The second-order valence-electron chi connectivity index (χ2n) is 6.96. The predicted octanol–water partition coefficient (Wildman–Crippen LogP) is 4.41. The standard InChI is InChI=1S/C20H22N4O2S2/c1-4-20(2)10-13-14(11-26-20)28-18-15(13)16(21-19(22-18)27-3)23-24-17(25)12-8-6-5-7-9-12/h5-9H,4,10-11H2,1-3H3,(H,24,25)(H,21,22,23). The van der Waals surface area contributed by atoms with Gasteiger partial charge in [-0.1, -0.05) is 36.9 Å². The molecular formula is C20H22N4O2S2. The number of rotatable bonds is 5. The third-order valence-electron chi connectivity index (χ3n) is 5.08. The van der Waals surface area contributed by atoms with Gasteiger partial charge in [0.05, 0.1) is 17.6 Å². The molecule has 1 aromatic carbocycles. The van der Waals surface area contributed by atoms with Crippen molar-refractivity contribution >= 4 is 45.0 Å². The summed E-state index contributed by atoms with van der Waals surface area (Å²) in [5.41, 5.74) is 7.44. The molecule has 0 saturated heterocycles. The van der Waals surface area contributed by atoms with Crippen LogP contribution in [0.5, 0.6) is 0 Å². The molecule has 1 aliphatic heterocycles. The average molecular weight is 415 g/mol. The van der Waals surface area contributed by atoms with Crippen LogP contribution in [0.1, 0.15) is 41.1 Å². The fourth-order valence-corrected chi connectivity index (χ4v) is 4.76. The molecule has 0 bridgehead atoms. The minimum atomic E-state index is -0.205. The number of nitrogens with one attached hydrogen (secondary N) is 2. The van der Waals surface area contributed by atoms with E-state index in [-0.39, 0.29) is 11.5 Å². The van der Waals surface area contributed by atoms with Crippen LogP contribution in [-0.4, -0.2) is 27.7 Å². The first-order valence-electron chi connectivity index (χ1n) is 9.14. The van der Waals surface area contributed by atoms with Crippen molar-refractivity contribution < 1.29 is 9.53 Å². The first-order valence-corrected chi connectivity index (χ1v) is 11.2. The summed E-state index contributed by atoms with van der Waals surface area (Å²) in [5.74, 6) is 0.431. The summed E-state index contributed by atoms with van der Waals surface area (Å²) in [4.78, 5) is 23.9. The van der Waals surface area contributed by atoms with Crippen LogP contribution in [-0.2, 0) is 17.8 Å². The fraction of sp³-hybridized carbons (Fsp3) is 0.350. The van der Waals surface area contributed by atoms with E-state index in [0.717, 1.165) is 23.1 Å². The second kappa shape index (κ2) is 7.69. The molecule has 1 aliphatic rings. The molecule has 6 nitrogen and oxygen atoms in total. The number of thiophene rings is 1. The number of hydrogen-bond donors (Lipinski definition) is 2. The van der Waals surface area contributed by atoms with Gasteiger partial charge in [0.2, 0.25) is 0 Å².